The van der Waals surface area contributed by atoms with E-state index in [2.05, 4.69) is 17.6 Å². The number of carbonyl (C=O) groups excluding carboxylic acids is 2. The number of anilines is 1. The first-order chi connectivity index (χ1) is 9.70. The van der Waals surface area contributed by atoms with Gasteiger partial charge in [-0.15, -0.1) is 0 Å². The molecule has 5 nitrogen and oxygen atoms in total. The van der Waals surface area contributed by atoms with Crippen molar-refractivity contribution in [3.05, 3.63) is 30.3 Å². The normalized spacial score (nSPS) is 18.1. The van der Waals surface area contributed by atoms with Gasteiger partial charge in [-0.05, 0) is 18.6 Å². The highest BCUT2D eigenvalue weighted by molar-refractivity contribution is 5.96. The molecule has 0 spiro atoms. The molecule has 1 aromatic carbocycles. The van der Waals surface area contributed by atoms with E-state index in [1.807, 2.05) is 30.3 Å². The molecule has 0 aliphatic carbocycles. The Bertz CT molecular complexity index is 461. The highest BCUT2D eigenvalue weighted by atomic mass is 16.2. The molecule has 1 heterocycles. The number of nitrogens with one attached hydrogen (secondary N) is 2. The number of hydrogen-bond acceptors (Lipinski definition) is 2. The highest BCUT2D eigenvalue weighted by Gasteiger charge is 2.31. The van der Waals surface area contributed by atoms with E-state index in [0.717, 1.165) is 18.5 Å². The Kier molecular flexibility index (Phi) is 4.98. The maximum Gasteiger partial charge on any atom is 0.315 e. The number of hydrogen-bond donors (Lipinski definition) is 2. The van der Waals surface area contributed by atoms with Crippen LogP contribution in [0.15, 0.2) is 30.3 Å². The largest absolute Gasteiger partial charge is 0.338 e. The maximum absolute atomic E-state index is 12.0. The van der Waals surface area contributed by atoms with Gasteiger partial charge in [0.1, 0.15) is 0 Å². The number of urea groups is 1. The Morgan fingerprint density at radius 3 is 2.80 bits per heavy atom. The van der Waals surface area contributed by atoms with Crippen molar-refractivity contribution in [2.45, 2.75) is 32.2 Å². The van der Waals surface area contributed by atoms with E-state index in [1.54, 1.807) is 4.90 Å². The molecule has 1 aliphatic rings. The molecule has 1 aliphatic heterocycles. The van der Waals surface area contributed by atoms with Gasteiger partial charge in [0, 0.05) is 25.2 Å². The van der Waals surface area contributed by atoms with Gasteiger partial charge < -0.3 is 15.5 Å². The van der Waals surface area contributed by atoms with Crippen LogP contribution in [0.1, 0.15) is 26.2 Å². The third-order valence-electron chi connectivity index (χ3n) is 3.34. The molecule has 2 N–H and O–H groups in total. The molecule has 0 bridgehead atoms. The van der Waals surface area contributed by atoms with Crippen LogP contribution in [0.25, 0.3) is 0 Å². The van der Waals surface area contributed by atoms with E-state index < -0.39 is 0 Å². The van der Waals surface area contributed by atoms with Crippen molar-refractivity contribution in [2.75, 3.05) is 18.0 Å². The summed E-state index contributed by atoms with van der Waals surface area (Å²) in [6, 6.07) is 9.22. The van der Waals surface area contributed by atoms with Gasteiger partial charge in [0.15, 0.2) is 0 Å². The van der Waals surface area contributed by atoms with Crippen LogP contribution in [0.2, 0.25) is 0 Å². The number of para-hydroxylation sites is 1. The Morgan fingerprint density at radius 2 is 2.10 bits per heavy atom. The van der Waals surface area contributed by atoms with Crippen molar-refractivity contribution in [3.63, 3.8) is 0 Å². The quantitative estimate of drug-likeness (QED) is 0.806. The van der Waals surface area contributed by atoms with Crippen LogP contribution in [0.4, 0.5) is 10.5 Å². The second-order valence-corrected chi connectivity index (χ2v) is 4.99. The third kappa shape index (κ3) is 3.73. The van der Waals surface area contributed by atoms with Crippen LogP contribution in [-0.2, 0) is 4.79 Å². The number of benzene rings is 1. The topological polar surface area (TPSA) is 61.4 Å². The van der Waals surface area contributed by atoms with Crippen LogP contribution in [-0.4, -0.2) is 31.1 Å². The summed E-state index contributed by atoms with van der Waals surface area (Å²) in [4.78, 5) is 25.4. The number of carbonyl (C=O) groups is 2. The summed E-state index contributed by atoms with van der Waals surface area (Å²) < 4.78 is 0. The predicted octanol–water partition coefficient (Wildman–Crippen LogP) is 1.89. The fraction of sp³-hybridized carbons (Fsp3) is 0.467. The molecule has 0 aromatic heterocycles. The molecule has 5 heteroatoms. The lowest BCUT2D eigenvalue weighted by Gasteiger charge is -2.17. The minimum atomic E-state index is -0.189. The van der Waals surface area contributed by atoms with Crippen LogP contribution < -0.4 is 15.5 Å². The van der Waals surface area contributed by atoms with E-state index in [4.69, 9.17) is 0 Å². The van der Waals surface area contributed by atoms with E-state index in [9.17, 15) is 9.59 Å². The van der Waals surface area contributed by atoms with Crippen LogP contribution in [0.5, 0.6) is 0 Å². The first-order valence-corrected chi connectivity index (χ1v) is 7.10. The third-order valence-corrected chi connectivity index (χ3v) is 3.34. The number of amides is 3. The van der Waals surface area contributed by atoms with E-state index in [-0.39, 0.29) is 18.0 Å². The van der Waals surface area contributed by atoms with Crippen molar-refractivity contribution in [1.29, 1.82) is 0 Å². The monoisotopic (exact) mass is 275 g/mol. The van der Waals surface area contributed by atoms with Gasteiger partial charge in [0.05, 0.1) is 6.04 Å². The van der Waals surface area contributed by atoms with Gasteiger partial charge in [-0.3, -0.25) is 4.79 Å². The molecule has 2 rings (SSSR count). The summed E-state index contributed by atoms with van der Waals surface area (Å²) in [5, 5.41) is 5.66. The number of nitrogens with zero attached hydrogens (tertiary/aromatic N) is 1. The first-order valence-electron chi connectivity index (χ1n) is 7.10. The summed E-state index contributed by atoms with van der Waals surface area (Å²) >= 11 is 0. The zero-order chi connectivity index (χ0) is 14.4. The van der Waals surface area contributed by atoms with Crippen LogP contribution in [0, 0.1) is 0 Å². The van der Waals surface area contributed by atoms with E-state index in [0.29, 0.717) is 19.5 Å². The van der Waals surface area contributed by atoms with E-state index in [1.165, 1.54) is 0 Å². The smallest absolute Gasteiger partial charge is 0.315 e. The fourth-order valence-corrected chi connectivity index (χ4v) is 2.28. The van der Waals surface area contributed by atoms with Gasteiger partial charge in [-0.1, -0.05) is 31.5 Å². The summed E-state index contributed by atoms with van der Waals surface area (Å²) in [5.41, 5.74) is 0.883. The summed E-state index contributed by atoms with van der Waals surface area (Å²) in [5.74, 6) is 0.0510. The Balaban J connectivity index is 1.85. The number of unbranched alkanes of at least 4 members (excludes halogenated alkanes) is 1. The molecule has 1 saturated heterocycles. The van der Waals surface area contributed by atoms with Gasteiger partial charge in [-0.2, -0.15) is 0 Å². The molecular formula is C15H21N3O2. The van der Waals surface area contributed by atoms with Crippen molar-refractivity contribution in [3.8, 4) is 0 Å². The zero-order valence-corrected chi connectivity index (χ0v) is 11.8. The summed E-state index contributed by atoms with van der Waals surface area (Å²) in [7, 11) is 0. The fourth-order valence-electron chi connectivity index (χ4n) is 2.28. The first kappa shape index (κ1) is 14.4. The lowest BCUT2D eigenvalue weighted by molar-refractivity contribution is -0.117. The second-order valence-electron chi connectivity index (χ2n) is 4.99. The predicted molar refractivity (Wildman–Crippen MR) is 78.6 cm³/mol. The zero-order valence-electron chi connectivity index (χ0n) is 11.8. The summed E-state index contributed by atoms with van der Waals surface area (Å²) in [6.45, 7) is 3.28. The molecule has 0 unspecified atom stereocenters. The SMILES string of the molecule is CCCCNC(=O)N[C@@H]1CC(=O)N(c2ccccc2)C1. The maximum atomic E-state index is 12.0. The van der Waals surface area contributed by atoms with Crippen molar-refractivity contribution in [1.82, 2.24) is 10.6 Å². The lowest BCUT2D eigenvalue weighted by Crippen LogP contribution is -2.43. The summed E-state index contributed by atoms with van der Waals surface area (Å²) in [6.07, 6.45) is 2.37. The van der Waals surface area contributed by atoms with Gasteiger partial charge in [0.25, 0.3) is 0 Å². The highest BCUT2D eigenvalue weighted by Crippen LogP contribution is 2.20. The molecule has 1 fully saturated rings. The Hall–Kier alpha value is -2.04. The molecule has 1 atom stereocenters. The molecular weight excluding hydrogens is 254 g/mol. The van der Waals surface area contributed by atoms with E-state index >= 15 is 0 Å². The van der Waals surface area contributed by atoms with Crippen molar-refractivity contribution >= 4 is 17.6 Å². The van der Waals surface area contributed by atoms with Crippen molar-refractivity contribution < 1.29 is 9.59 Å². The minimum absolute atomic E-state index is 0.0510. The molecule has 108 valence electrons. The standard InChI is InChI=1S/C15H21N3O2/c1-2-3-9-16-15(20)17-12-10-14(19)18(11-12)13-7-5-4-6-8-13/h4-8,12H,2-3,9-11H2,1H3,(H2,16,17,20)/t12-/m1/s1. The molecule has 3 amide bonds. The van der Waals surface area contributed by atoms with Crippen molar-refractivity contribution in [2.24, 2.45) is 0 Å². The van der Waals surface area contributed by atoms with Gasteiger partial charge in [0.2, 0.25) is 5.91 Å². The minimum Gasteiger partial charge on any atom is -0.338 e. The van der Waals surface area contributed by atoms with Crippen LogP contribution >= 0.6 is 0 Å². The second kappa shape index (κ2) is 6.93. The average Bonchev–Trinajstić information content (AvgIpc) is 2.81. The Morgan fingerprint density at radius 1 is 1.35 bits per heavy atom. The van der Waals surface area contributed by atoms with Gasteiger partial charge >= 0.3 is 6.03 Å². The molecule has 20 heavy (non-hydrogen) atoms. The molecule has 0 saturated carbocycles. The van der Waals surface area contributed by atoms with Crippen LogP contribution in [0.3, 0.4) is 0 Å². The van der Waals surface area contributed by atoms with Gasteiger partial charge in [-0.25, -0.2) is 4.79 Å². The molecule has 1 aromatic rings. The lowest BCUT2D eigenvalue weighted by atomic mass is 10.2. The molecule has 0 radical (unpaired) electrons. The Labute approximate surface area is 119 Å². The average molecular weight is 275 g/mol. The number of rotatable bonds is 5.